The Labute approximate surface area is 135 Å². The minimum absolute atomic E-state index is 0.191. The molecule has 0 spiro atoms. The molecule has 21 heavy (non-hydrogen) atoms. The summed E-state index contributed by atoms with van der Waals surface area (Å²) in [6.45, 7) is 8.60. The van der Waals surface area contributed by atoms with Gasteiger partial charge in [0.25, 0.3) is 0 Å². The van der Waals surface area contributed by atoms with Crippen molar-refractivity contribution < 1.29 is 9.53 Å². The third-order valence-corrected chi connectivity index (χ3v) is 5.00. The average molecular weight is 355 g/mol. The van der Waals surface area contributed by atoms with E-state index >= 15 is 0 Å². The van der Waals surface area contributed by atoms with E-state index in [4.69, 9.17) is 4.74 Å². The van der Waals surface area contributed by atoms with Crippen molar-refractivity contribution in [3.05, 3.63) is 33.8 Å². The molecule has 1 heterocycles. The van der Waals surface area contributed by atoms with Gasteiger partial charge in [0.1, 0.15) is 0 Å². The zero-order chi connectivity index (χ0) is 15.6. The standard InChI is InChI=1S/C16H23BrN2O2/c1-16(2)11-19(8-7-18(16)3)10-13-6-5-12(9-14(13)17)15(20)21-4/h5-6,9H,7-8,10-11H2,1-4H3. The summed E-state index contributed by atoms with van der Waals surface area (Å²) < 4.78 is 5.70. The molecular formula is C16H23BrN2O2. The van der Waals surface area contributed by atoms with E-state index in [1.807, 2.05) is 18.2 Å². The number of esters is 1. The van der Waals surface area contributed by atoms with E-state index in [0.717, 1.165) is 30.7 Å². The van der Waals surface area contributed by atoms with Crippen LogP contribution in [0.2, 0.25) is 0 Å². The van der Waals surface area contributed by atoms with Crippen molar-refractivity contribution in [2.24, 2.45) is 0 Å². The molecule has 5 heteroatoms. The Morgan fingerprint density at radius 3 is 2.67 bits per heavy atom. The van der Waals surface area contributed by atoms with Gasteiger partial charge in [-0.25, -0.2) is 4.79 Å². The summed E-state index contributed by atoms with van der Waals surface area (Å²) in [4.78, 5) is 16.4. The van der Waals surface area contributed by atoms with Crippen LogP contribution in [0.25, 0.3) is 0 Å². The number of carbonyl (C=O) groups is 1. The first-order valence-electron chi connectivity index (χ1n) is 7.14. The Morgan fingerprint density at radius 2 is 2.10 bits per heavy atom. The van der Waals surface area contributed by atoms with Crippen LogP contribution in [0.5, 0.6) is 0 Å². The van der Waals surface area contributed by atoms with Gasteiger partial charge in [-0.05, 0) is 38.6 Å². The summed E-state index contributed by atoms with van der Waals surface area (Å²) in [6, 6.07) is 5.66. The molecule has 0 unspecified atom stereocenters. The van der Waals surface area contributed by atoms with E-state index in [1.165, 1.54) is 12.7 Å². The maximum atomic E-state index is 11.5. The van der Waals surface area contributed by atoms with Gasteiger partial charge in [0, 0.05) is 36.2 Å². The first kappa shape index (κ1) is 16.5. The van der Waals surface area contributed by atoms with Gasteiger partial charge in [0.2, 0.25) is 0 Å². The van der Waals surface area contributed by atoms with E-state index in [0.29, 0.717) is 5.56 Å². The van der Waals surface area contributed by atoms with Crippen molar-refractivity contribution in [1.82, 2.24) is 9.80 Å². The Hall–Kier alpha value is -0.910. The highest BCUT2D eigenvalue weighted by atomic mass is 79.9. The lowest BCUT2D eigenvalue weighted by Gasteiger charge is -2.45. The number of ether oxygens (including phenoxy) is 1. The zero-order valence-electron chi connectivity index (χ0n) is 13.1. The Bertz CT molecular complexity index is 531. The molecule has 2 rings (SSSR count). The van der Waals surface area contributed by atoms with Crippen LogP contribution < -0.4 is 0 Å². The quantitative estimate of drug-likeness (QED) is 0.781. The molecule has 0 aliphatic carbocycles. The molecule has 1 aliphatic rings. The third-order valence-electron chi connectivity index (χ3n) is 4.26. The predicted octanol–water partition coefficient (Wildman–Crippen LogP) is 2.76. The van der Waals surface area contributed by atoms with Gasteiger partial charge in [-0.3, -0.25) is 9.80 Å². The van der Waals surface area contributed by atoms with E-state index in [1.54, 1.807) is 0 Å². The molecule has 1 fully saturated rings. The molecule has 0 radical (unpaired) electrons. The largest absolute Gasteiger partial charge is 0.465 e. The number of hydrogen-bond acceptors (Lipinski definition) is 4. The van der Waals surface area contributed by atoms with Crippen LogP contribution >= 0.6 is 15.9 Å². The molecule has 4 nitrogen and oxygen atoms in total. The van der Waals surface area contributed by atoms with Crippen LogP contribution in [0, 0.1) is 0 Å². The summed E-state index contributed by atoms with van der Waals surface area (Å²) in [5, 5.41) is 0. The summed E-state index contributed by atoms with van der Waals surface area (Å²) in [5.41, 5.74) is 1.96. The Morgan fingerprint density at radius 1 is 1.38 bits per heavy atom. The summed E-state index contributed by atoms with van der Waals surface area (Å²) >= 11 is 3.57. The first-order valence-corrected chi connectivity index (χ1v) is 7.93. The lowest BCUT2D eigenvalue weighted by molar-refractivity contribution is 0.0359. The van der Waals surface area contributed by atoms with Crippen LogP contribution in [0.1, 0.15) is 29.8 Å². The molecule has 0 atom stereocenters. The average Bonchev–Trinajstić information content (AvgIpc) is 2.44. The van der Waals surface area contributed by atoms with Crippen LogP contribution in [-0.4, -0.2) is 55.1 Å². The number of methoxy groups -OCH3 is 1. The van der Waals surface area contributed by atoms with Crippen molar-refractivity contribution in [3.63, 3.8) is 0 Å². The molecule has 0 saturated carbocycles. The Balaban J connectivity index is 2.08. The molecule has 0 aromatic heterocycles. The van der Waals surface area contributed by atoms with Crippen molar-refractivity contribution in [2.75, 3.05) is 33.8 Å². The van der Waals surface area contributed by atoms with Gasteiger partial charge in [-0.15, -0.1) is 0 Å². The fraction of sp³-hybridized carbons (Fsp3) is 0.562. The minimum atomic E-state index is -0.303. The highest BCUT2D eigenvalue weighted by Gasteiger charge is 2.31. The van der Waals surface area contributed by atoms with E-state index in [2.05, 4.69) is 46.6 Å². The van der Waals surface area contributed by atoms with Crippen LogP contribution in [0.15, 0.2) is 22.7 Å². The number of halogens is 1. The molecule has 0 N–H and O–H groups in total. The number of nitrogens with zero attached hydrogens (tertiary/aromatic N) is 2. The van der Waals surface area contributed by atoms with Gasteiger partial charge in [-0.2, -0.15) is 0 Å². The molecule has 0 bridgehead atoms. The van der Waals surface area contributed by atoms with Crippen molar-refractivity contribution in [3.8, 4) is 0 Å². The highest BCUT2D eigenvalue weighted by Crippen LogP contribution is 2.24. The summed E-state index contributed by atoms with van der Waals surface area (Å²) in [7, 11) is 3.58. The fourth-order valence-electron chi connectivity index (χ4n) is 2.64. The number of rotatable bonds is 3. The number of carbonyl (C=O) groups excluding carboxylic acids is 1. The van der Waals surface area contributed by atoms with E-state index in [-0.39, 0.29) is 11.5 Å². The smallest absolute Gasteiger partial charge is 0.337 e. The van der Waals surface area contributed by atoms with Gasteiger partial charge in [0.15, 0.2) is 0 Å². The minimum Gasteiger partial charge on any atom is -0.465 e. The normalized spacial score (nSPS) is 19.5. The van der Waals surface area contributed by atoms with Crippen LogP contribution in [0.3, 0.4) is 0 Å². The molecule has 0 amide bonds. The Kier molecular flexibility index (Phi) is 5.07. The highest BCUT2D eigenvalue weighted by molar-refractivity contribution is 9.10. The van der Waals surface area contributed by atoms with Crippen molar-refractivity contribution in [2.45, 2.75) is 25.9 Å². The van der Waals surface area contributed by atoms with Crippen molar-refractivity contribution >= 4 is 21.9 Å². The molecule has 1 aromatic rings. The second kappa shape index (κ2) is 6.46. The van der Waals surface area contributed by atoms with Gasteiger partial charge in [0.05, 0.1) is 12.7 Å². The number of hydrogen-bond donors (Lipinski definition) is 0. The van der Waals surface area contributed by atoms with Gasteiger partial charge < -0.3 is 4.74 Å². The molecule has 1 aromatic carbocycles. The maximum absolute atomic E-state index is 11.5. The third kappa shape index (κ3) is 3.84. The lowest BCUT2D eigenvalue weighted by Crippen LogP contribution is -2.57. The monoisotopic (exact) mass is 354 g/mol. The molecule has 1 saturated heterocycles. The van der Waals surface area contributed by atoms with Crippen LogP contribution in [-0.2, 0) is 11.3 Å². The van der Waals surface area contributed by atoms with Gasteiger partial charge in [-0.1, -0.05) is 22.0 Å². The second-order valence-corrected chi connectivity index (χ2v) is 7.10. The summed E-state index contributed by atoms with van der Waals surface area (Å²) in [6.07, 6.45) is 0. The van der Waals surface area contributed by atoms with Crippen molar-refractivity contribution in [1.29, 1.82) is 0 Å². The van der Waals surface area contributed by atoms with E-state index in [9.17, 15) is 4.79 Å². The molecule has 116 valence electrons. The first-order chi connectivity index (χ1) is 9.83. The lowest BCUT2D eigenvalue weighted by atomic mass is 9.99. The fourth-order valence-corrected chi connectivity index (χ4v) is 3.14. The molecule has 1 aliphatic heterocycles. The maximum Gasteiger partial charge on any atom is 0.337 e. The number of benzene rings is 1. The van der Waals surface area contributed by atoms with Gasteiger partial charge >= 0.3 is 5.97 Å². The van der Waals surface area contributed by atoms with E-state index < -0.39 is 0 Å². The van der Waals surface area contributed by atoms with Crippen LogP contribution in [0.4, 0.5) is 0 Å². The number of piperazine rings is 1. The predicted molar refractivity (Wildman–Crippen MR) is 87.5 cm³/mol. The zero-order valence-corrected chi connectivity index (χ0v) is 14.7. The molecular weight excluding hydrogens is 332 g/mol. The SMILES string of the molecule is COC(=O)c1ccc(CN2CCN(C)C(C)(C)C2)c(Br)c1. The summed E-state index contributed by atoms with van der Waals surface area (Å²) in [5.74, 6) is -0.303. The second-order valence-electron chi connectivity index (χ2n) is 6.24. The number of likely N-dealkylation sites (N-methyl/N-ethyl adjacent to an activating group) is 1. The topological polar surface area (TPSA) is 32.8 Å².